The third-order valence-corrected chi connectivity index (χ3v) is 21.7. The molecule has 0 aliphatic carbocycles. The lowest BCUT2D eigenvalue weighted by Gasteiger charge is -2.40. The quantitative estimate of drug-likeness (QED) is 0.0293. The van der Waals surface area contributed by atoms with Crippen LogP contribution in [0.3, 0.4) is 0 Å². The van der Waals surface area contributed by atoms with E-state index in [0.717, 1.165) is 0 Å². The number of phosphoric ester groups is 2. The Labute approximate surface area is 596 Å². The van der Waals surface area contributed by atoms with Gasteiger partial charge in [0.15, 0.2) is 18.9 Å². The van der Waals surface area contributed by atoms with E-state index >= 15 is 0 Å². The van der Waals surface area contributed by atoms with Crippen LogP contribution >= 0.6 is 15.6 Å². The summed E-state index contributed by atoms with van der Waals surface area (Å²) in [4.78, 5) is 106. The Balaban J connectivity index is 0.975. The third-order valence-electron chi connectivity index (χ3n) is 19.7. The van der Waals surface area contributed by atoms with Gasteiger partial charge in [0.05, 0.1) is 120 Å². The Bertz CT molecular complexity index is 2690. The molecule has 8 unspecified atom stereocenters. The second-order valence-electron chi connectivity index (χ2n) is 28.2. The Kier molecular flexibility index (Phi) is 37.2. The van der Waals surface area contributed by atoms with Gasteiger partial charge in [-0.1, -0.05) is 20.8 Å². The number of likely N-dealkylation sites (tertiary alicyclic amines) is 3. The number of aliphatic hydroxyl groups is 10. The molecule has 0 bridgehead atoms. The van der Waals surface area contributed by atoms with Gasteiger partial charge in [-0.3, -0.25) is 46.9 Å². The number of amides is 3. The standard InChI is InChI=1S/C66H115N3O31P2/c1-39(2)93-36-44-28-50(31-68(44)56(78)22-10-7-16-47(74)19-13-25-91-65-41(4)59(81)62(84)53(34-71)97-65)99-102(88,89)95-38-45-29-51(32-69(45)57(79)23-11-8-17-48(75)20-14-26-92-66-42(5)60(82)63(85)54(35-72)98-66)100-101(86,87)94-37-43-27-49(76)30-67(43)55(77)21-9-6-15-46(73)18-12-24-90-64-40(3)58(80)61(83)52(33-70)96-64/h39-45,49-54,58-66,70-72,76,80-85H,6-38H2,1-5H3,(H,86,87)(H,88,89)/t40?,41?,42?,43-,44-,45-,49+,50+,51+,52?,53?,54?,58+,59+,60+,61-,62-,63-,64+,65+,66+/m0/s1. The minimum absolute atomic E-state index is 0.00458. The summed E-state index contributed by atoms with van der Waals surface area (Å²) < 4.78 is 89.5. The summed E-state index contributed by atoms with van der Waals surface area (Å²) in [5.74, 6) is -3.24. The molecule has 6 aliphatic heterocycles. The lowest BCUT2D eigenvalue weighted by Crippen LogP contribution is -2.55. The van der Waals surface area contributed by atoms with E-state index in [-0.39, 0.29) is 171 Å². The Hall–Kier alpha value is -3.04. The van der Waals surface area contributed by atoms with Crippen LogP contribution in [0.1, 0.15) is 169 Å². The molecule has 0 radical (unpaired) electrons. The average molecular weight is 1510 g/mol. The van der Waals surface area contributed by atoms with Crippen molar-refractivity contribution in [3.63, 3.8) is 0 Å². The first kappa shape index (κ1) is 87.9. The van der Waals surface area contributed by atoms with Gasteiger partial charge in [0.1, 0.15) is 54.0 Å². The number of hydrogen-bond donors (Lipinski definition) is 12. The summed E-state index contributed by atoms with van der Waals surface area (Å²) in [5, 5.41) is 100. The van der Waals surface area contributed by atoms with Crippen molar-refractivity contribution in [3.05, 3.63) is 0 Å². The van der Waals surface area contributed by atoms with Crippen molar-refractivity contribution in [2.45, 2.75) is 286 Å². The van der Waals surface area contributed by atoms with Crippen molar-refractivity contribution in [3.8, 4) is 0 Å². The number of phosphoric acid groups is 2. The van der Waals surface area contributed by atoms with Crippen LogP contribution in [0.15, 0.2) is 0 Å². The number of unbranched alkanes of at least 4 members (excludes halogenated alkanes) is 3. The molecule has 0 aromatic heterocycles. The van der Waals surface area contributed by atoms with Crippen LogP contribution in [0.5, 0.6) is 0 Å². The number of Topliss-reactive ketones (excluding diaryl/α,β-unsaturated/α-hetero) is 3. The van der Waals surface area contributed by atoms with Crippen LogP contribution in [-0.2, 0) is 89.2 Å². The largest absolute Gasteiger partial charge is 0.472 e. The van der Waals surface area contributed by atoms with E-state index in [2.05, 4.69) is 0 Å². The molecule has 0 aromatic carbocycles. The van der Waals surface area contributed by atoms with Crippen molar-refractivity contribution in [2.75, 3.05) is 79.1 Å². The Morgan fingerprint density at radius 2 is 0.716 bits per heavy atom. The van der Waals surface area contributed by atoms with Gasteiger partial charge in [-0.05, 0) is 90.9 Å². The highest BCUT2D eigenvalue weighted by Crippen LogP contribution is 2.50. The zero-order chi connectivity index (χ0) is 75.0. The molecule has 23 atom stereocenters. The zero-order valence-electron chi connectivity index (χ0n) is 59.4. The van der Waals surface area contributed by atoms with Crippen LogP contribution in [0, 0.1) is 17.8 Å². The molecule has 0 saturated carbocycles. The van der Waals surface area contributed by atoms with Gasteiger partial charge in [0, 0.05) is 95.2 Å². The van der Waals surface area contributed by atoms with Crippen molar-refractivity contribution in [2.24, 2.45) is 17.8 Å². The number of carbonyl (C=O) groups is 6. The molecule has 6 fully saturated rings. The number of carbonyl (C=O) groups excluding carboxylic acids is 6. The summed E-state index contributed by atoms with van der Waals surface area (Å²) in [6.07, 6.45) is -12.9. The van der Waals surface area contributed by atoms with E-state index < -0.39 is 183 Å². The van der Waals surface area contributed by atoms with Gasteiger partial charge in [-0.15, -0.1) is 0 Å². The predicted octanol–water partition coefficient (Wildman–Crippen LogP) is 0.584. The first-order valence-electron chi connectivity index (χ1n) is 36.1. The fraction of sp³-hybridized carbons (Fsp3) is 0.909. The molecule has 590 valence electrons. The van der Waals surface area contributed by atoms with Crippen molar-refractivity contribution in [1.82, 2.24) is 14.7 Å². The first-order valence-corrected chi connectivity index (χ1v) is 39.1. The van der Waals surface area contributed by atoms with Gasteiger partial charge < -0.3 is 109 Å². The molecular formula is C66H115N3O31P2. The van der Waals surface area contributed by atoms with E-state index in [9.17, 15) is 98.7 Å². The van der Waals surface area contributed by atoms with Gasteiger partial charge >= 0.3 is 15.6 Å². The van der Waals surface area contributed by atoms with Gasteiger partial charge in [0.25, 0.3) is 0 Å². The smallest absolute Gasteiger partial charge is 0.394 e. The fourth-order valence-corrected chi connectivity index (χ4v) is 15.4. The molecule has 3 amide bonds. The number of aliphatic hydroxyl groups excluding tert-OH is 10. The molecular weight excluding hydrogens is 1390 g/mol. The summed E-state index contributed by atoms with van der Waals surface area (Å²) in [7, 11) is -10.0. The molecule has 6 aliphatic rings. The molecule has 0 spiro atoms. The van der Waals surface area contributed by atoms with Crippen molar-refractivity contribution in [1.29, 1.82) is 0 Å². The summed E-state index contributed by atoms with van der Waals surface area (Å²) >= 11 is 0. The number of ketones is 3. The molecule has 36 heteroatoms. The second-order valence-corrected chi connectivity index (χ2v) is 31.0. The summed E-state index contributed by atoms with van der Waals surface area (Å²) in [5.41, 5.74) is 0. The maximum atomic E-state index is 14.0. The highest BCUT2D eigenvalue weighted by atomic mass is 31.2. The lowest BCUT2D eigenvalue weighted by molar-refractivity contribution is -0.282. The van der Waals surface area contributed by atoms with E-state index in [4.69, 9.17) is 51.3 Å². The maximum absolute atomic E-state index is 14.0. The minimum Gasteiger partial charge on any atom is -0.394 e. The van der Waals surface area contributed by atoms with Gasteiger partial charge in [-0.2, -0.15) is 0 Å². The van der Waals surface area contributed by atoms with Crippen LogP contribution in [0.2, 0.25) is 0 Å². The van der Waals surface area contributed by atoms with Crippen LogP contribution < -0.4 is 0 Å². The zero-order valence-corrected chi connectivity index (χ0v) is 61.2. The van der Waals surface area contributed by atoms with E-state index in [1.54, 1.807) is 20.8 Å². The summed E-state index contributed by atoms with van der Waals surface area (Å²) in [6.45, 7) is 5.69. The minimum atomic E-state index is -5.01. The highest BCUT2D eigenvalue weighted by Gasteiger charge is 2.48. The van der Waals surface area contributed by atoms with Crippen LogP contribution in [0.25, 0.3) is 0 Å². The highest BCUT2D eigenvalue weighted by molar-refractivity contribution is 7.47. The fourth-order valence-electron chi connectivity index (χ4n) is 13.5. The topological polar surface area (TPSA) is 491 Å². The number of rotatable bonds is 46. The number of nitrogens with zero attached hydrogens (tertiary/aromatic N) is 3. The molecule has 34 nitrogen and oxygen atoms in total. The number of β-amino-alcohol motifs (C(OH)–C–C–N with tert-alkyl or cyclic N) is 1. The van der Waals surface area contributed by atoms with E-state index in [1.165, 1.54) is 14.7 Å². The second kappa shape index (κ2) is 43.2. The van der Waals surface area contributed by atoms with Gasteiger partial charge in [0.2, 0.25) is 17.7 Å². The number of ether oxygens (including phenoxy) is 7. The first-order chi connectivity index (χ1) is 48.3. The molecule has 102 heavy (non-hydrogen) atoms. The molecule has 0 aromatic rings. The Morgan fingerprint density at radius 3 is 1.04 bits per heavy atom. The lowest BCUT2D eigenvalue weighted by atomic mass is 9.92. The third kappa shape index (κ3) is 27.6. The number of hydrogen-bond acceptors (Lipinski definition) is 29. The maximum Gasteiger partial charge on any atom is 0.472 e. The molecule has 6 saturated heterocycles. The van der Waals surface area contributed by atoms with Crippen LogP contribution in [0.4, 0.5) is 0 Å². The van der Waals surface area contributed by atoms with Gasteiger partial charge in [-0.25, -0.2) is 9.13 Å². The van der Waals surface area contributed by atoms with E-state index in [1.807, 2.05) is 13.8 Å². The van der Waals surface area contributed by atoms with E-state index in [0.29, 0.717) is 44.9 Å². The monoisotopic (exact) mass is 1510 g/mol. The molecule has 6 rings (SSSR count). The predicted molar refractivity (Wildman–Crippen MR) is 356 cm³/mol. The summed E-state index contributed by atoms with van der Waals surface area (Å²) in [6, 6.07) is -2.45. The van der Waals surface area contributed by atoms with Crippen molar-refractivity contribution >= 4 is 50.7 Å². The molecule has 12 N–H and O–H groups in total. The van der Waals surface area contributed by atoms with Crippen molar-refractivity contribution < 1.29 is 150 Å². The van der Waals surface area contributed by atoms with Crippen LogP contribution in [-0.4, -0.2) is 306 Å². The Morgan fingerprint density at radius 1 is 0.422 bits per heavy atom. The average Bonchev–Trinajstić information content (AvgIpc) is 1.25. The SMILES string of the molecule is CC(C)OC[C@@H]1C[C@@H](OP(=O)(O)OC[C@@H]2C[C@@H](OP(=O)(O)OC[C@@H]3C[C@@H](O)CN3C(=O)CCCCC(=O)CCCO[C@@H]3OC(CO)[C@H](O)[C@H](O)C3C)CN2C(=O)CCCCC(=O)CCCO[C@@H]2OC(CO)[C@H](O)[C@H](O)C2C)CN1C(=O)CCCCC(=O)CCCO[C@@H]1OC(CO)[C@H](O)[C@H](O)C1C. The molecule has 6 heterocycles. The normalized spacial score (nSPS) is 33.4.